The summed E-state index contributed by atoms with van der Waals surface area (Å²) in [6, 6.07) is 0. The summed E-state index contributed by atoms with van der Waals surface area (Å²) in [5.74, 6) is -1.42. The highest BCUT2D eigenvalue weighted by atomic mass is 32.1. The molecule has 1 heterocycles. The van der Waals surface area contributed by atoms with Gasteiger partial charge in [-0.2, -0.15) is 0 Å². The molecule has 1 aromatic heterocycles. The first-order valence-electron chi connectivity index (χ1n) is 5.89. The van der Waals surface area contributed by atoms with E-state index >= 15 is 0 Å². The van der Waals surface area contributed by atoms with Crippen molar-refractivity contribution in [3.05, 3.63) is 5.01 Å². The van der Waals surface area contributed by atoms with Gasteiger partial charge in [0.25, 0.3) is 0 Å². The van der Waals surface area contributed by atoms with E-state index in [-0.39, 0.29) is 6.61 Å². The Balaban J connectivity index is 2.58. The molecule has 18 heavy (non-hydrogen) atoms. The highest BCUT2D eigenvalue weighted by molar-refractivity contribution is 7.15. The van der Waals surface area contributed by atoms with Crippen molar-refractivity contribution in [1.29, 1.82) is 0 Å². The molecule has 0 aliphatic rings. The Morgan fingerprint density at radius 1 is 1.39 bits per heavy atom. The molecule has 0 aliphatic carbocycles. The molecule has 6 nitrogen and oxygen atoms in total. The van der Waals surface area contributed by atoms with Crippen LogP contribution in [-0.2, 0) is 14.3 Å². The van der Waals surface area contributed by atoms with E-state index in [1.54, 1.807) is 6.92 Å². The quantitative estimate of drug-likeness (QED) is 0.654. The van der Waals surface area contributed by atoms with Crippen LogP contribution in [0.4, 0.5) is 5.13 Å². The Hall–Kier alpha value is -1.50. The fourth-order valence-electron chi connectivity index (χ4n) is 1.39. The summed E-state index contributed by atoms with van der Waals surface area (Å²) in [4.78, 5) is 22.5. The predicted octanol–water partition coefficient (Wildman–Crippen LogP) is 1.94. The number of aromatic nitrogens is 2. The van der Waals surface area contributed by atoms with Gasteiger partial charge in [0, 0.05) is 5.92 Å². The standard InChI is InChI=1S/C11H17N3O3S/c1-4-6-7(3)9-13-14-11(18-9)12-8(15)10(16)17-5-2/h7H,4-6H2,1-3H3,(H,12,14,15)/t7-/m1/s1. The van der Waals surface area contributed by atoms with Gasteiger partial charge in [0.15, 0.2) is 0 Å². The van der Waals surface area contributed by atoms with Gasteiger partial charge in [0.05, 0.1) is 6.61 Å². The molecule has 0 saturated heterocycles. The second-order valence-electron chi connectivity index (χ2n) is 3.81. The Labute approximate surface area is 110 Å². The van der Waals surface area contributed by atoms with E-state index in [0.717, 1.165) is 17.8 Å². The monoisotopic (exact) mass is 271 g/mol. The summed E-state index contributed by atoms with van der Waals surface area (Å²) < 4.78 is 4.57. The average Bonchev–Trinajstić information content (AvgIpc) is 2.78. The minimum Gasteiger partial charge on any atom is -0.459 e. The van der Waals surface area contributed by atoms with Gasteiger partial charge >= 0.3 is 11.9 Å². The molecule has 0 bridgehead atoms. The van der Waals surface area contributed by atoms with E-state index in [4.69, 9.17) is 0 Å². The first kappa shape index (κ1) is 14.6. The van der Waals surface area contributed by atoms with Gasteiger partial charge in [-0.3, -0.25) is 10.1 Å². The zero-order valence-electron chi connectivity index (χ0n) is 10.7. The summed E-state index contributed by atoms with van der Waals surface area (Å²) in [6.07, 6.45) is 2.08. The molecule has 1 rings (SSSR count). The summed E-state index contributed by atoms with van der Waals surface area (Å²) >= 11 is 1.28. The first-order chi connectivity index (χ1) is 8.58. The molecule has 1 N–H and O–H groups in total. The minimum atomic E-state index is -0.907. The third kappa shape index (κ3) is 4.06. The number of carbonyl (C=O) groups is 2. The van der Waals surface area contributed by atoms with Crippen LogP contribution >= 0.6 is 11.3 Å². The van der Waals surface area contributed by atoms with E-state index in [1.165, 1.54) is 11.3 Å². The predicted molar refractivity (Wildman–Crippen MR) is 68.5 cm³/mol. The van der Waals surface area contributed by atoms with Crippen LogP contribution in [0, 0.1) is 0 Å². The molecule has 0 unspecified atom stereocenters. The second kappa shape index (κ2) is 7.05. The van der Waals surface area contributed by atoms with E-state index < -0.39 is 11.9 Å². The molecule has 0 saturated carbocycles. The normalized spacial score (nSPS) is 11.9. The molecule has 1 atom stereocenters. The van der Waals surface area contributed by atoms with Gasteiger partial charge in [-0.05, 0) is 13.3 Å². The van der Waals surface area contributed by atoms with Crippen LogP contribution in [0.5, 0.6) is 0 Å². The molecular formula is C11H17N3O3S. The Bertz CT molecular complexity index is 419. The number of anilines is 1. The number of hydrogen-bond donors (Lipinski definition) is 1. The largest absolute Gasteiger partial charge is 0.459 e. The van der Waals surface area contributed by atoms with Gasteiger partial charge in [-0.1, -0.05) is 31.6 Å². The molecular weight excluding hydrogens is 254 g/mol. The van der Waals surface area contributed by atoms with Crippen molar-refractivity contribution < 1.29 is 14.3 Å². The van der Waals surface area contributed by atoms with E-state index in [9.17, 15) is 9.59 Å². The molecule has 1 aromatic rings. The molecule has 1 amide bonds. The molecule has 0 fully saturated rings. The maximum atomic E-state index is 11.4. The fraction of sp³-hybridized carbons (Fsp3) is 0.636. The summed E-state index contributed by atoms with van der Waals surface area (Å²) in [5.41, 5.74) is 0. The molecule has 0 aromatic carbocycles. The van der Waals surface area contributed by atoms with Crippen LogP contribution < -0.4 is 5.32 Å². The zero-order valence-corrected chi connectivity index (χ0v) is 11.5. The highest BCUT2D eigenvalue weighted by Gasteiger charge is 2.18. The maximum absolute atomic E-state index is 11.4. The van der Waals surface area contributed by atoms with Crippen molar-refractivity contribution in [1.82, 2.24) is 10.2 Å². The van der Waals surface area contributed by atoms with E-state index in [2.05, 4.69) is 34.1 Å². The smallest absolute Gasteiger partial charge is 0.397 e. The minimum absolute atomic E-state index is 0.168. The van der Waals surface area contributed by atoms with E-state index in [0.29, 0.717) is 11.0 Å². The van der Waals surface area contributed by atoms with Crippen molar-refractivity contribution >= 4 is 28.3 Å². The first-order valence-corrected chi connectivity index (χ1v) is 6.71. The van der Waals surface area contributed by atoms with Gasteiger partial charge < -0.3 is 4.74 Å². The lowest BCUT2D eigenvalue weighted by Crippen LogP contribution is -2.24. The van der Waals surface area contributed by atoms with Crippen LogP contribution in [0.25, 0.3) is 0 Å². The summed E-state index contributed by atoms with van der Waals surface area (Å²) in [6.45, 7) is 5.96. The molecule has 0 aliphatic heterocycles. The number of nitrogens with one attached hydrogen (secondary N) is 1. The van der Waals surface area contributed by atoms with Crippen LogP contribution in [-0.4, -0.2) is 28.7 Å². The third-order valence-electron chi connectivity index (χ3n) is 2.27. The summed E-state index contributed by atoms with van der Waals surface area (Å²) in [5, 5.41) is 11.4. The number of amides is 1. The number of rotatable bonds is 5. The van der Waals surface area contributed by atoms with E-state index in [1.807, 2.05) is 0 Å². The molecule has 0 spiro atoms. The van der Waals surface area contributed by atoms with Crippen molar-refractivity contribution in [3.63, 3.8) is 0 Å². The Morgan fingerprint density at radius 3 is 2.72 bits per heavy atom. The average molecular weight is 271 g/mol. The number of esters is 1. The van der Waals surface area contributed by atoms with Crippen molar-refractivity contribution in [2.24, 2.45) is 0 Å². The number of nitrogens with zero attached hydrogens (tertiary/aromatic N) is 2. The number of ether oxygens (including phenoxy) is 1. The van der Waals surface area contributed by atoms with Crippen LogP contribution in [0.2, 0.25) is 0 Å². The van der Waals surface area contributed by atoms with Gasteiger partial charge in [-0.25, -0.2) is 4.79 Å². The second-order valence-corrected chi connectivity index (χ2v) is 4.82. The van der Waals surface area contributed by atoms with Gasteiger partial charge in [0.2, 0.25) is 5.13 Å². The lowest BCUT2D eigenvalue weighted by atomic mass is 10.1. The third-order valence-corrected chi connectivity index (χ3v) is 3.34. The van der Waals surface area contributed by atoms with Crippen LogP contribution in [0.1, 0.15) is 44.5 Å². The van der Waals surface area contributed by atoms with Gasteiger partial charge in [-0.15, -0.1) is 10.2 Å². The lowest BCUT2D eigenvalue weighted by Gasteiger charge is -2.03. The highest BCUT2D eigenvalue weighted by Crippen LogP contribution is 2.26. The number of carbonyl (C=O) groups excluding carboxylic acids is 2. The molecule has 7 heteroatoms. The fourth-order valence-corrected chi connectivity index (χ4v) is 2.21. The Kier molecular flexibility index (Phi) is 5.70. The Morgan fingerprint density at radius 2 is 2.11 bits per heavy atom. The van der Waals surface area contributed by atoms with Gasteiger partial charge in [0.1, 0.15) is 5.01 Å². The van der Waals surface area contributed by atoms with Crippen molar-refractivity contribution in [3.8, 4) is 0 Å². The van der Waals surface area contributed by atoms with Crippen LogP contribution in [0.3, 0.4) is 0 Å². The van der Waals surface area contributed by atoms with Crippen molar-refractivity contribution in [2.75, 3.05) is 11.9 Å². The molecule has 100 valence electrons. The van der Waals surface area contributed by atoms with Crippen molar-refractivity contribution in [2.45, 2.75) is 39.5 Å². The number of hydrogen-bond acceptors (Lipinski definition) is 6. The lowest BCUT2D eigenvalue weighted by molar-refractivity contribution is -0.152. The SMILES string of the molecule is CCC[C@@H](C)c1nnc(NC(=O)C(=O)OCC)s1. The topological polar surface area (TPSA) is 81.2 Å². The summed E-state index contributed by atoms with van der Waals surface area (Å²) in [7, 11) is 0. The molecule has 0 radical (unpaired) electrons. The van der Waals surface area contributed by atoms with Crippen LogP contribution in [0.15, 0.2) is 0 Å². The maximum Gasteiger partial charge on any atom is 0.397 e. The zero-order chi connectivity index (χ0) is 13.5.